The standard InChI is InChI=1S/C24H33ClN4O5/c1-5-33-21(30)19-18(27-22(31)28-20(19)15-6-8-16(25)9-7-15)14-29-12-10-17(11-13-29)26-23(32)34-24(2,3)4/h6-9,17,20H,5,10-14H2,1-4H3,(H,26,32)(H2,27,28,31)/t20-/m0/s1. The average Bonchev–Trinajstić information content (AvgIpc) is 2.74. The lowest BCUT2D eigenvalue weighted by Gasteiger charge is -2.35. The Hall–Kier alpha value is -2.78. The summed E-state index contributed by atoms with van der Waals surface area (Å²) in [6, 6.07) is 5.98. The molecule has 1 saturated heterocycles. The summed E-state index contributed by atoms with van der Waals surface area (Å²) in [6.07, 6.45) is 1.04. The van der Waals surface area contributed by atoms with Crippen LogP contribution in [0.15, 0.2) is 35.5 Å². The van der Waals surface area contributed by atoms with Gasteiger partial charge in [0.1, 0.15) is 5.60 Å². The van der Waals surface area contributed by atoms with Gasteiger partial charge in [0.05, 0.1) is 18.2 Å². The zero-order chi connectivity index (χ0) is 24.9. The predicted octanol–water partition coefficient (Wildman–Crippen LogP) is 3.50. The van der Waals surface area contributed by atoms with Gasteiger partial charge >= 0.3 is 18.1 Å². The summed E-state index contributed by atoms with van der Waals surface area (Å²) in [5.74, 6) is -0.480. The predicted molar refractivity (Wildman–Crippen MR) is 128 cm³/mol. The fourth-order valence-corrected chi connectivity index (χ4v) is 4.16. The van der Waals surface area contributed by atoms with Crippen LogP contribution in [-0.2, 0) is 14.3 Å². The number of piperidine rings is 1. The van der Waals surface area contributed by atoms with Gasteiger partial charge in [0.15, 0.2) is 0 Å². The van der Waals surface area contributed by atoms with Gasteiger partial charge in [-0.2, -0.15) is 0 Å². The Morgan fingerprint density at radius 2 is 1.82 bits per heavy atom. The van der Waals surface area contributed by atoms with Gasteiger partial charge in [-0.15, -0.1) is 0 Å². The molecule has 2 aliphatic rings. The molecule has 0 aliphatic carbocycles. The molecule has 2 aliphatic heterocycles. The highest BCUT2D eigenvalue weighted by atomic mass is 35.5. The maximum Gasteiger partial charge on any atom is 0.407 e. The molecule has 1 fully saturated rings. The van der Waals surface area contributed by atoms with Crippen LogP contribution < -0.4 is 16.0 Å². The van der Waals surface area contributed by atoms with Gasteiger partial charge in [0.25, 0.3) is 0 Å². The normalized spacial score (nSPS) is 19.8. The van der Waals surface area contributed by atoms with Gasteiger partial charge in [-0.05, 0) is 58.2 Å². The summed E-state index contributed by atoms with van der Waals surface area (Å²) in [7, 11) is 0. The van der Waals surface area contributed by atoms with Gasteiger partial charge in [-0.25, -0.2) is 14.4 Å². The SMILES string of the molecule is CCOC(=O)C1=C(CN2CCC(NC(=O)OC(C)(C)C)CC2)NC(=O)N[C@H]1c1ccc(Cl)cc1. The minimum Gasteiger partial charge on any atom is -0.463 e. The number of amides is 3. The zero-order valence-corrected chi connectivity index (χ0v) is 20.8. The summed E-state index contributed by atoms with van der Waals surface area (Å²) in [5.41, 5.74) is 1.08. The second-order valence-corrected chi connectivity index (χ2v) is 9.83. The number of carbonyl (C=O) groups is 3. The number of nitrogens with one attached hydrogen (secondary N) is 3. The lowest BCUT2D eigenvalue weighted by molar-refractivity contribution is -0.139. The first-order valence-electron chi connectivity index (χ1n) is 11.5. The van der Waals surface area contributed by atoms with Crippen molar-refractivity contribution >= 4 is 29.7 Å². The Labute approximate surface area is 205 Å². The first kappa shape index (κ1) is 25.8. The number of hydrogen-bond donors (Lipinski definition) is 3. The van der Waals surface area contributed by atoms with Crippen molar-refractivity contribution in [2.45, 2.75) is 58.2 Å². The first-order chi connectivity index (χ1) is 16.1. The maximum atomic E-state index is 12.9. The van der Waals surface area contributed by atoms with E-state index in [1.807, 2.05) is 20.8 Å². The molecule has 0 bridgehead atoms. The van der Waals surface area contributed by atoms with E-state index in [-0.39, 0.29) is 18.7 Å². The van der Waals surface area contributed by atoms with Gasteiger partial charge in [0.2, 0.25) is 0 Å². The molecule has 0 radical (unpaired) electrons. The van der Waals surface area contributed by atoms with Crippen LogP contribution in [0.1, 0.15) is 52.1 Å². The highest BCUT2D eigenvalue weighted by molar-refractivity contribution is 6.30. The largest absolute Gasteiger partial charge is 0.463 e. The molecule has 1 atom stereocenters. The molecular weight excluding hydrogens is 460 g/mol. The third-order valence-electron chi connectivity index (χ3n) is 5.54. The molecule has 3 amide bonds. The van der Waals surface area contributed by atoms with E-state index in [1.54, 1.807) is 31.2 Å². The molecule has 0 spiro atoms. The monoisotopic (exact) mass is 492 g/mol. The van der Waals surface area contributed by atoms with Gasteiger partial charge < -0.3 is 25.4 Å². The summed E-state index contributed by atoms with van der Waals surface area (Å²) in [4.78, 5) is 39.6. The lowest BCUT2D eigenvalue weighted by atomic mass is 9.94. The molecular formula is C24H33ClN4O5. The minimum atomic E-state index is -0.647. The fraction of sp³-hybridized carbons (Fsp3) is 0.542. The Balaban J connectivity index is 1.73. The van der Waals surface area contributed by atoms with Gasteiger partial charge in [-0.3, -0.25) is 4.90 Å². The Morgan fingerprint density at radius 1 is 1.18 bits per heavy atom. The van der Waals surface area contributed by atoms with Gasteiger partial charge in [0, 0.05) is 36.4 Å². The van der Waals surface area contributed by atoms with Crippen molar-refractivity contribution in [3.05, 3.63) is 46.1 Å². The average molecular weight is 493 g/mol. The number of rotatable bonds is 6. The van der Waals surface area contributed by atoms with E-state index in [1.165, 1.54) is 0 Å². The molecule has 2 heterocycles. The van der Waals surface area contributed by atoms with E-state index >= 15 is 0 Å². The van der Waals surface area contributed by atoms with Crippen LogP contribution in [0.5, 0.6) is 0 Å². The van der Waals surface area contributed by atoms with E-state index in [0.717, 1.165) is 18.4 Å². The van der Waals surface area contributed by atoms with Crippen LogP contribution in [0.3, 0.4) is 0 Å². The second-order valence-electron chi connectivity index (χ2n) is 9.39. The number of halogens is 1. The zero-order valence-electron chi connectivity index (χ0n) is 20.1. The summed E-state index contributed by atoms with van der Waals surface area (Å²) in [5, 5.41) is 9.11. The smallest absolute Gasteiger partial charge is 0.407 e. The first-order valence-corrected chi connectivity index (χ1v) is 11.9. The van der Waals surface area contributed by atoms with Crippen molar-refractivity contribution in [3.8, 4) is 0 Å². The molecule has 3 rings (SSSR count). The second kappa shape index (κ2) is 11.1. The number of hydrogen-bond acceptors (Lipinski definition) is 6. The molecule has 186 valence electrons. The fourth-order valence-electron chi connectivity index (χ4n) is 4.03. The molecule has 1 aromatic carbocycles. The topological polar surface area (TPSA) is 109 Å². The molecule has 10 heteroatoms. The number of likely N-dealkylation sites (tertiary alicyclic amines) is 1. The number of alkyl carbamates (subject to hydrolysis) is 1. The molecule has 0 saturated carbocycles. The van der Waals surface area contributed by atoms with Gasteiger partial charge in [-0.1, -0.05) is 23.7 Å². The maximum absolute atomic E-state index is 12.9. The minimum absolute atomic E-state index is 0.00837. The van der Waals surface area contributed by atoms with Crippen LogP contribution in [0.25, 0.3) is 0 Å². The number of carbonyl (C=O) groups excluding carboxylic acids is 3. The van der Waals surface area contributed by atoms with Crippen LogP contribution in [0.2, 0.25) is 5.02 Å². The lowest BCUT2D eigenvalue weighted by Crippen LogP contribution is -2.50. The van der Waals surface area contributed by atoms with E-state index in [2.05, 4.69) is 20.9 Å². The summed E-state index contributed by atoms with van der Waals surface area (Å²) >= 11 is 6.02. The quantitative estimate of drug-likeness (QED) is 0.524. The van der Waals surface area contributed by atoms with Crippen molar-refractivity contribution in [1.82, 2.24) is 20.9 Å². The molecule has 0 aromatic heterocycles. The van der Waals surface area contributed by atoms with Crippen molar-refractivity contribution < 1.29 is 23.9 Å². The van der Waals surface area contributed by atoms with Crippen LogP contribution >= 0.6 is 11.6 Å². The summed E-state index contributed by atoms with van der Waals surface area (Å²) in [6.45, 7) is 9.21. The number of nitrogens with zero attached hydrogens (tertiary/aromatic N) is 1. The van der Waals surface area contributed by atoms with Crippen LogP contribution in [-0.4, -0.2) is 60.9 Å². The Morgan fingerprint density at radius 3 is 2.41 bits per heavy atom. The highest BCUT2D eigenvalue weighted by Gasteiger charge is 2.35. The van der Waals surface area contributed by atoms with Crippen molar-refractivity contribution in [1.29, 1.82) is 0 Å². The molecule has 3 N–H and O–H groups in total. The van der Waals surface area contributed by atoms with E-state index in [9.17, 15) is 14.4 Å². The third kappa shape index (κ3) is 7.11. The van der Waals surface area contributed by atoms with Crippen molar-refractivity contribution in [2.24, 2.45) is 0 Å². The van der Waals surface area contributed by atoms with Crippen molar-refractivity contribution in [3.63, 3.8) is 0 Å². The van der Waals surface area contributed by atoms with E-state index in [4.69, 9.17) is 21.1 Å². The van der Waals surface area contributed by atoms with Crippen molar-refractivity contribution in [2.75, 3.05) is 26.2 Å². The van der Waals surface area contributed by atoms with Crippen LogP contribution in [0, 0.1) is 0 Å². The summed E-state index contributed by atoms with van der Waals surface area (Å²) < 4.78 is 10.7. The van der Waals surface area contributed by atoms with E-state index < -0.39 is 23.7 Å². The molecule has 0 unspecified atom stereocenters. The highest BCUT2D eigenvalue weighted by Crippen LogP contribution is 2.29. The molecule has 1 aromatic rings. The number of esters is 1. The molecule has 9 nitrogen and oxygen atoms in total. The molecule has 34 heavy (non-hydrogen) atoms. The van der Waals surface area contributed by atoms with E-state index in [0.29, 0.717) is 35.9 Å². The Bertz CT molecular complexity index is 934. The third-order valence-corrected chi connectivity index (χ3v) is 5.79. The Kier molecular flexibility index (Phi) is 8.43. The number of benzene rings is 1. The number of urea groups is 1. The number of ether oxygens (including phenoxy) is 2. The van der Waals surface area contributed by atoms with Crippen LogP contribution in [0.4, 0.5) is 9.59 Å².